The van der Waals surface area contributed by atoms with E-state index in [2.05, 4.69) is 41.6 Å². The van der Waals surface area contributed by atoms with Crippen LogP contribution in [0.3, 0.4) is 0 Å². The Balaban J connectivity index is 2.13. The smallest absolute Gasteiger partial charge is 0.128 e. The highest BCUT2D eigenvalue weighted by atomic mass is 32.2. The minimum atomic E-state index is 0.0737. The lowest BCUT2D eigenvalue weighted by atomic mass is 10.1. The van der Waals surface area contributed by atoms with E-state index in [0.29, 0.717) is 4.75 Å². The van der Waals surface area contributed by atoms with Crippen molar-refractivity contribution in [3.8, 4) is 0 Å². The van der Waals surface area contributed by atoms with Gasteiger partial charge in [0.25, 0.3) is 0 Å². The Labute approximate surface area is 114 Å². The van der Waals surface area contributed by atoms with Gasteiger partial charge in [0.1, 0.15) is 5.82 Å². The Morgan fingerprint density at radius 1 is 1.44 bits per heavy atom. The summed E-state index contributed by atoms with van der Waals surface area (Å²) in [5.74, 6) is 2.24. The molecular weight excluding hydrogens is 242 g/mol. The predicted octanol–water partition coefficient (Wildman–Crippen LogP) is 2.82. The van der Waals surface area contributed by atoms with Crippen molar-refractivity contribution in [1.29, 1.82) is 0 Å². The second-order valence-corrected chi connectivity index (χ2v) is 7.38. The zero-order valence-electron chi connectivity index (χ0n) is 11.5. The van der Waals surface area contributed by atoms with Crippen LogP contribution in [0.25, 0.3) is 0 Å². The molecule has 2 rings (SSSR count). The van der Waals surface area contributed by atoms with Gasteiger partial charge in [-0.25, -0.2) is 4.98 Å². The van der Waals surface area contributed by atoms with Gasteiger partial charge in [-0.1, -0.05) is 13.8 Å². The highest BCUT2D eigenvalue weighted by molar-refractivity contribution is 8.00. The fraction of sp³-hybridized carbons (Fsp3) is 0.643. The molecule has 18 heavy (non-hydrogen) atoms. The molecule has 2 heterocycles. The van der Waals surface area contributed by atoms with Crippen molar-refractivity contribution in [1.82, 2.24) is 4.98 Å². The average molecular weight is 265 g/mol. The number of anilines is 1. The molecule has 1 atom stereocenters. The van der Waals surface area contributed by atoms with Crippen molar-refractivity contribution in [2.45, 2.75) is 38.0 Å². The summed E-state index contributed by atoms with van der Waals surface area (Å²) in [6.07, 6.45) is 3.07. The van der Waals surface area contributed by atoms with E-state index in [0.717, 1.165) is 30.2 Å². The van der Waals surface area contributed by atoms with E-state index in [9.17, 15) is 0 Å². The molecule has 100 valence electrons. The molecule has 1 aromatic rings. The predicted molar refractivity (Wildman–Crippen MR) is 80.2 cm³/mol. The van der Waals surface area contributed by atoms with Gasteiger partial charge in [-0.3, -0.25) is 0 Å². The summed E-state index contributed by atoms with van der Waals surface area (Å²) in [5, 5.41) is 0. The molecule has 1 saturated heterocycles. The highest BCUT2D eigenvalue weighted by Crippen LogP contribution is 2.32. The summed E-state index contributed by atoms with van der Waals surface area (Å²) in [6.45, 7) is 8.82. The lowest BCUT2D eigenvalue weighted by Crippen LogP contribution is -2.28. The second-order valence-electron chi connectivity index (χ2n) is 5.58. The van der Waals surface area contributed by atoms with E-state index in [4.69, 9.17) is 5.73 Å². The van der Waals surface area contributed by atoms with Crippen LogP contribution in [0, 0.1) is 0 Å². The average Bonchev–Trinajstić information content (AvgIpc) is 2.50. The molecule has 0 aromatic carbocycles. The Morgan fingerprint density at radius 2 is 2.22 bits per heavy atom. The SMILES string of the molecule is CC(N)c1ccnc(N2CCSC(C)(C)CC2)c1. The van der Waals surface area contributed by atoms with Crippen molar-refractivity contribution >= 4 is 17.6 Å². The van der Waals surface area contributed by atoms with E-state index in [1.54, 1.807) is 0 Å². The van der Waals surface area contributed by atoms with E-state index in [-0.39, 0.29) is 6.04 Å². The third-order valence-corrected chi connectivity index (χ3v) is 4.83. The number of rotatable bonds is 2. The maximum absolute atomic E-state index is 5.94. The number of thioether (sulfide) groups is 1. The van der Waals surface area contributed by atoms with Gasteiger partial charge in [-0.05, 0) is 31.0 Å². The van der Waals surface area contributed by atoms with Crippen LogP contribution < -0.4 is 10.6 Å². The van der Waals surface area contributed by atoms with Gasteiger partial charge in [0.05, 0.1) is 0 Å². The van der Waals surface area contributed by atoms with Crippen LogP contribution in [0.2, 0.25) is 0 Å². The van der Waals surface area contributed by atoms with Gasteiger partial charge in [-0.15, -0.1) is 0 Å². The Morgan fingerprint density at radius 3 is 2.94 bits per heavy atom. The number of hydrogen-bond acceptors (Lipinski definition) is 4. The molecule has 3 nitrogen and oxygen atoms in total. The summed E-state index contributed by atoms with van der Waals surface area (Å²) in [5.41, 5.74) is 7.10. The van der Waals surface area contributed by atoms with Crippen LogP contribution in [0.1, 0.15) is 38.8 Å². The Hall–Kier alpha value is -0.740. The van der Waals surface area contributed by atoms with Crippen molar-refractivity contribution in [3.63, 3.8) is 0 Å². The lowest BCUT2D eigenvalue weighted by Gasteiger charge is -2.24. The first-order valence-electron chi connectivity index (χ1n) is 6.58. The number of aromatic nitrogens is 1. The second kappa shape index (κ2) is 5.49. The van der Waals surface area contributed by atoms with Gasteiger partial charge >= 0.3 is 0 Å². The summed E-state index contributed by atoms with van der Waals surface area (Å²) in [7, 11) is 0. The van der Waals surface area contributed by atoms with Crippen LogP contribution in [0.15, 0.2) is 18.3 Å². The van der Waals surface area contributed by atoms with Crippen LogP contribution in [-0.2, 0) is 0 Å². The molecule has 2 N–H and O–H groups in total. The molecule has 1 aromatic heterocycles. The van der Waals surface area contributed by atoms with Crippen LogP contribution in [-0.4, -0.2) is 28.6 Å². The molecule has 0 bridgehead atoms. The molecule has 0 amide bonds. The summed E-state index contributed by atoms with van der Waals surface area (Å²) >= 11 is 2.06. The Bertz CT molecular complexity index is 404. The topological polar surface area (TPSA) is 42.1 Å². The summed E-state index contributed by atoms with van der Waals surface area (Å²) < 4.78 is 0.382. The van der Waals surface area contributed by atoms with E-state index >= 15 is 0 Å². The van der Waals surface area contributed by atoms with Crippen molar-refractivity contribution in [3.05, 3.63) is 23.9 Å². The first-order chi connectivity index (χ1) is 8.48. The summed E-state index contributed by atoms with van der Waals surface area (Å²) in [6, 6.07) is 4.21. The van der Waals surface area contributed by atoms with Crippen LogP contribution >= 0.6 is 11.8 Å². The van der Waals surface area contributed by atoms with Gasteiger partial charge in [-0.2, -0.15) is 11.8 Å². The fourth-order valence-electron chi connectivity index (χ4n) is 2.14. The van der Waals surface area contributed by atoms with Gasteiger partial charge in [0.15, 0.2) is 0 Å². The van der Waals surface area contributed by atoms with Gasteiger partial charge < -0.3 is 10.6 Å². The third-order valence-electron chi connectivity index (χ3n) is 3.46. The zero-order chi connectivity index (χ0) is 13.2. The fourth-order valence-corrected chi connectivity index (χ4v) is 3.24. The number of nitrogens with zero attached hydrogens (tertiary/aromatic N) is 2. The molecule has 1 unspecified atom stereocenters. The van der Waals surface area contributed by atoms with Gasteiger partial charge in [0, 0.05) is 35.8 Å². The Kier molecular flexibility index (Phi) is 4.17. The van der Waals surface area contributed by atoms with Crippen molar-refractivity contribution in [2.75, 3.05) is 23.7 Å². The zero-order valence-corrected chi connectivity index (χ0v) is 12.3. The summed E-state index contributed by atoms with van der Waals surface area (Å²) in [4.78, 5) is 6.88. The normalized spacial score (nSPS) is 21.4. The van der Waals surface area contributed by atoms with E-state index in [1.807, 2.05) is 19.2 Å². The molecule has 0 saturated carbocycles. The lowest BCUT2D eigenvalue weighted by molar-refractivity contribution is 0.634. The van der Waals surface area contributed by atoms with E-state index in [1.165, 1.54) is 6.42 Å². The molecule has 0 aliphatic carbocycles. The number of nitrogens with two attached hydrogens (primary N) is 1. The largest absolute Gasteiger partial charge is 0.356 e. The minimum Gasteiger partial charge on any atom is -0.356 e. The van der Waals surface area contributed by atoms with Crippen molar-refractivity contribution < 1.29 is 0 Å². The maximum atomic E-state index is 5.94. The highest BCUT2D eigenvalue weighted by Gasteiger charge is 2.24. The molecule has 0 radical (unpaired) electrons. The minimum absolute atomic E-state index is 0.0737. The number of pyridine rings is 1. The third kappa shape index (κ3) is 3.39. The maximum Gasteiger partial charge on any atom is 0.128 e. The molecule has 1 fully saturated rings. The quantitative estimate of drug-likeness (QED) is 0.893. The van der Waals surface area contributed by atoms with E-state index < -0.39 is 0 Å². The molecular formula is C14H23N3S. The first kappa shape index (κ1) is 13.7. The van der Waals surface area contributed by atoms with Crippen LogP contribution in [0.4, 0.5) is 5.82 Å². The number of hydrogen-bond donors (Lipinski definition) is 1. The first-order valence-corrected chi connectivity index (χ1v) is 7.57. The molecule has 0 spiro atoms. The van der Waals surface area contributed by atoms with Gasteiger partial charge in [0.2, 0.25) is 0 Å². The standard InChI is InChI=1S/C14H23N3S/c1-11(15)12-4-6-16-13(10-12)17-7-5-14(2,3)18-9-8-17/h4,6,10-11H,5,7-9,15H2,1-3H3. The monoisotopic (exact) mass is 265 g/mol. The molecule has 1 aliphatic rings. The van der Waals surface area contributed by atoms with Crippen LogP contribution in [0.5, 0.6) is 0 Å². The molecule has 1 aliphatic heterocycles. The van der Waals surface area contributed by atoms with Crippen molar-refractivity contribution in [2.24, 2.45) is 5.73 Å². The molecule has 4 heteroatoms.